The number of halogens is 1. The van der Waals surface area contributed by atoms with Crippen LogP contribution in [-0.4, -0.2) is 9.91 Å². The zero-order valence-corrected chi connectivity index (χ0v) is 11.1. The zero-order valence-electron chi connectivity index (χ0n) is 9.51. The second-order valence-electron chi connectivity index (χ2n) is 3.66. The first-order valence-corrected chi connectivity index (χ1v) is 6.35. The van der Waals surface area contributed by atoms with E-state index in [1.807, 2.05) is 19.1 Å². The van der Waals surface area contributed by atoms with Crippen LogP contribution in [0.3, 0.4) is 0 Å². The lowest BCUT2D eigenvalue weighted by molar-refractivity contribution is -0.384. The number of hydrogen-bond acceptors (Lipinski definition) is 5. The van der Waals surface area contributed by atoms with Crippen molar-refractivity contribution in [2.45, 2.75) is 13.5 Å². The van der Waals surface area contributed by atoms with E-state index in [0.29, 0.717) is 12.4 Å². The van der Waals surface area contributed by atoms with Crippen molar-refractivity contribution in [1.82, 2.24) is 4.98 Å². The summed E-state index contributed by atoms with van der Waals surface area (Å²) in [4.78, 5) is 16.5. The Bertz CT molecular complexity index is 585. The molecule has 0 fully saturated rings. The van der Waals surface area contributed by atoms with Gasteiger partial charge in [0.15, 0.2) is 0 Å². The summed E-state index contributed by atoms with van der Waals surface area (Å²) in [6.07, 6.45) is 0. The van der Waals surface area contributed by atoms with Crippen LogP contribution in [0, 0.1) is 17.0 Å². The van der Waals surface area contributed by atoms with Crippen molar-refractivity contribution >= 4 is 34.4 Å². The summed E-state index contributed by atoms with van der Waals surface area (Å²) in [5, 5.41) is 13.8. The first kappa shape index (κ1) is 12.8. The summed E-state index contributed by atoms with van der Waals surface area (Å²) < 4.78 is 0. The summed E-state index contributed by atoms with van der Waals surface area (Å²) in [5.74, 6) is 0.403. The molecule has 2 aromatic heterocycles. The number of pyridine rings is 1. The van der Waals surface area contributed by atoms with E-state index in [-0.39, 0.29) is 10.8 Å². The molecule has 0 aliphatic heterocycles. The van der Waals surface area contributed by atoms with Crippen LogP contribution in [0.15, 0.2) is 24.3 Å². The van der Waals surface area contributed by atoms with Crippen molar-refractivity contribution in [2.75, 3.05) is 5.32 Å². The number of nitrogens with zero attached hydrogens (tertiary/aromatic N) is 2. The smallest absolute Gasteiger partial charge is 0.276 e. The average Bonchev–Trinajstić information content (AvgIpc) is 2.72. The first-order chi connectivity index (χ1) is 8.54. The Morgan fingerprint density at radius 1 is 1.50 bits per heavy atom. The molecule has 7 heteroatoms. The van der Waals surface area contributed by atoms with Crippen molar-refractivity contribution in [3.05, 3.63) is 49.3 Å². The molecule has 0 aliphatic rings. The molecule has 1 N–H and O–H groups in total. The van der Waals surface area contributed by atoms with Gasteiger partial charge < -0.3 is 5.32 Å². The Morgan fingerprint density at radius 3 is 2.89 bits per heavy atom. The second-order valence-corrected chi connectivity index (χ2v) is 5.42. The molecule has 0 unspecified atom stereocenters. The molecule has 2 aromatic rings. The zero-order chi connectivity index (χ0) is 13.1. The van der Waals surface area contributed by atoms with Crippen LogP contribution in [0.2, 0.25) is 5.15 Å². The van der Waals surface area contributed by atoms with E-state index in [4.69, 9.17) is 11.6 Å². The third-order valence-electron chi connectivity index (χ3n) is 2.23. The molecular formula is C11H10ClN3O2S. The van der Waals surface area contributed by atoms with Crippen LogP contribution in [0.1, 0.15) is 9.75 Å². The quantitative estimate of drug-likeness (QED) is 0.528. The number of rotatable bonds is 4. The largest absolute Gasteiger partial charge is 0.365 e. The minimum Gasteiger partial charge on any atom is -0.365 e. The lowest BCUT2D eigenvalue weighted by atomic mass is 10.4. The van der Waals surface area contributed by atoms with Crippen LogP contribution in [0.25, 0.3) is 0 Å². The predicted molar refractivity (Wildman–Crippen MR) is 72.3 cm³/mol. The molecule has 0 saturated carbocycles. The van der Waals surface area contributed by atoms with Gasteiger partial charge in [-0.2, -0.15) is 0 Å². The Hall–Kier alpha value is -1.66. The SMILES string of the molecule is Cc1ccc(CNc2cc([N+](=O)[O-])cc(Cl)n2)s1. The molecule has 0 spiro atoms. The normalized spacial score (nSPS) is 10.3. The minimum atomic E-state index is -0.492. The highest BCUT2D eigenvalue weighted by Crippen LogP contribution is 2.22. The Morgan fingerprint density at radius 2 is 2.28 bits per heavy atom. The van der Waals surface area contributed by atoms with Gasteiger partial charge in [-0.1, -0.05) is 11.6 Å². The maximum Gasteiger partial charge on any atom is 0.276 e. The number of nitro groups is 1. The standard InChI is InChI=1S/C11H10ClN3O2S/c1-7-2-3-9(18-7)6-13-11-5-8(15(16)17)4-10(12)14-11/h2-5H,6H2,1H3,(H,13,14). The number of aromatic nitrogens is 1. The van der Waals surface area contributed by atoms with Gasteiger partial charge in [0, 0.05) is 9.75 Å². The fraction of sp³-hybridized carbons (Fsp3) is 0.182. The van der Waals surface area contributed by atoms with Gasteiger partial charge in [-0.3, -0.25) is 10.1 Å². The topological polar surface area (TPSA) is 68.1 Å². The molecular weight excluding hydrogens is 274 g/mol. The van der Waals surface area contributed by atoms with Crippen LogP contribution in [0.5, 0.6) is 0 Å². The van der Waals surface area contributed by atoms with E-state index in [1.165, 1.54) is 17.0 Å². The minimum absolute atomic E-state index is 0.0696. The second kappa shape index (κ2) is 5.32. The van der Waals surface area contributed by atoms with E-state index in [0.717, 1.165) is 4.88 Å². The Kier molecular flexibility index (Phi) is 3.78. The maximum atomic E-state index is 10.7. The van der Waals surface area contributed by atoms with Crippen LogP contribution >= 0.6 is 22.9 Å². The predicted octanol–water partition coefficient (Wildman–Crippen LogP) is 3.63. The Balaban J connectivity index is 2.11. The van der Waals surface area contributed by atoms with Gasteiger partial charge >= 0.3 is 0 Å². The number of hydrogen-bond donors (Lipinski definition) is 1. The third kappa shape index (κ3) is 3.18. The molecule has 0 radical (unpaired) electrons. The summed E-state index contributed by atoms with van der Waals surface area (Å²) in [7, 11) is 0. The van der Waals surface area contributed by atoms with Crippen molar-refractivity contribution in [3.63, 3.8) is 0 Å². The molecule has 0 bridgehead atoms. The lowest BCUT2D eigenvalue weighted by Crippen LogP contribution is -2.01. The van der Waals surface area contributed by atoms with Gasteiger partial charge in [-0.15, -0.1) is 11.3 Å². The monoisotopic (exact) mass is 283 g/mol. The first-order valence-electron chi connectivity index (χ1n) is 5.16. The summed E-state index contributed by atoms with van der Waals surface area (Å²) >= 11 is 7.39. The molecule has 94 valence electrons. The highest BCUT2D eigenvalue weighted by molar-refractivity contribution is 7.11. The summed E-state index contributed by atoms with van der Waals surface area (Å²) in [5.41, 5.74) is -0.0696. The van der Waals surface area contributed by atoms with Gasteiger partial charge in [-0.25, -0.2) is 4.98 Å². The molecule has 5 nitrogen and oxygen atoms in total. The van der Waals surface area contributed by atoms with Crippen molar-refractivity contribution in [1.29, 1.82) is 0 Å². The van der Waals surface area contributed by atoms with Gasteiger partial charge in [0.25, 0.3) is 5.69 Å². The van der Waals surface area contributed by atoms with E-state index in [1.54, 1.807) is 11.3 Å². The summed E-state index contributed by atoms with van der Waals surface area (Å²) in [6.45, 7) is 2.60. The fourth-order valence-electron chi connectivity index (χ4n) is 1.44. The highest BCUT2D eigenvalue weighted by Gasteiger charge is 2.10. The van der Waals surface area contributed by atoms with Crippen LogP contribution < -0.4 is 5.32 Å². The van der Waals surface area contributed by atoms with E-state index in [9.17, 15) is 10.1 Å². The van der Waals surface area contributed by atoms with Gasteiger partial charge in [0.05, 0.1) is 23.6 Å². The van der Waals surface area contributed by atoms with Crippen LogP contribution in [0.4, 0.5) is 11.5 Å². The van der Waals surface area contributed by atoms with Gasteiger partial charge in [0.2, 0.25) is 0 Å². The fourth-order valence-corrected chi connectivity index (χ4v) is 2.47. The molecule has 18 heavy (non-hydrogen) atoms. The number of nitrogens with one attached hydrogen (secondary N) is 1. The number of aryl methyl sites for hydroxylation is 1. The van der Waals surface area contributed by atoms with Crippen LogP contribution in [-0.2, 0) is 6.54 Å². The average molecular weight is 284 g/mol. The van der Waals surface area contributed by atoms with E-state index < -0.39 is 4.92 Å². The number of anilines is 1. The molecule has 2 heterocycles. The van der Waals surface area contributed by atoms with E-state index in [2.05, 4.69) is 10.3 Å². The molecule has 2 rings (SSSR count). The highest BCUT2D eigenvalue weighted by atomic mass is 35.5. The summed E-state index contributed by atoms with van der Waals surface area (Å²) in [6, 6.07) is 6.62. The van der Waals surface area contributed by atoms with Crippen molar-refractivity contribution in [2.24, 2.45) is 0 Å². The molecule has 0 aliphatic carbocycles. The maximum absolute atomic E-state index is 10.7. The third-order valence-corrected chi connectivity index (χ3v) is 3.42. The van der Waals surface area contributed by atoms with Gasteiger partial charge in [0.1, 0.15) is 11.0 Å². The molecule has 0 atom stereocenters. The molecule has 0 aromatic carbocycles. The lowest BCUT2D eigenvalue weighted by Gasteiger charge is -2.04. The van der Waals surface area contributed by atoms with Crippen molar-refractivity contribution in [3.8, 4) is 0 Å². The van der Waals surface area contributed by atoms with Gasteiger partial charge in [-0.05, 0) is 19.1 Å². The van der Waals surface area contributed by atoms with E-state index >= 15 is 0 Å². The van der Waals surface area contributed by atoms with Crippen molar-refractivity contribution < 1.29 is 4.92 Å². The number of thiophene rings is 1. The molecule has 0 amide bonds. The molecule has 0 saturated heterocycles. The Labute approximate surface area is 113 Å².